The van der Waals surface area contributed by atoms with Gasteiger partial charge < -0.3 is 14.6 Å². The van der Waals surface area contributed by atoms with Crippen LogP contribution in [0, 0.1) is 0 Å². The monoisotopic (exact) mass is 484 g/mol. The van der Waals surface area contributed by atoms with Gasteiger partial charge in [0.2, 0.25) is 11.8 Å². The zero-order valence-corrected chi connectivity index (χ0v) is 19.3. The first-order valence-corrected chi connectivity index (χ1v) is 10.6. The zero-order valence-electron chi connectivity index (χ0n) is 18.5. The molecular weight excluding hydrogens is 464 g/mol. The van der Waals surface area contributed by atoms with E-state index in [4.69, 9.17) is 21.1 Å². The second-order valence-electron chi connectivity index (χ2n) is 7.51. The van der Waals surface area contributed by atoms with Crippen LogP contribution in [-0.4, -0.2) is 45.5 Å². The molecule has 0 fully saturated rings. The Balaban J connectivity index is 1.81. The van der Waals surface area contributed by atoms with Crippen LogP contribution < -0.4 is 20.7 Å². The number of aromatic nitrogens is 2. The summed E-state index contributed by atoms with van der Waals surface area (Å²) >= 11 is 5.92. The predicted molar refractivity (Wildman–Crippen MR) is 125 cm³/mol. The van der Waals surface area contributed by atoms with Crippen molar-refractivity contribution >= 4 is 23.2 Å². The van der Waals surface area contributed by atoms with Crippen LogP contribution in [0.4, 0.5) is 0 Å². The maximum Gasteiger partial charge on any atom is 0.335 e. The minimum Gasteiger partial charge on any atom is -0.493 e. The lowest BCUT2D eigenvalue weighted by Crippen LogP contribution is -2.33. The van der Waals surface area contributed by atoms with Crippen LogP contribution in [0.2, 0.25) is 5.02 Å². The van der Waals surface area contributed by atoms with Crippen LogP contribution >= 0.6 is 11.6 Å². The van der Waals surface area contributed by atoms with Crippen molar-refractivity contribution in [3.63, 3.8) is 0 Å². The number of halogens is 1. The lowest BCUT2D eigenvalue weighted by atomic mass is 9.98. The summed E-state index contributed by atoms with van der Waals surface area (Å²) in [7, 11) is 3.01. The molecule has 1 aliphatic rings. The summed E-state index contributed by atoms with van der Waals surface area (Å²) in [5.41, 5.74) is -0.716. The fourth-order valence-electron chi connectivity index (χ4n) is 3.89. The lowest BCUT2D eigenvalue weighted by Gasteiger charge is -2.21. The van der Waals surface area contributed by atoms with Crippen molar-refractivity contribution in [2.75, 3.05) is 14.2 Å². The molecule has 1 amide bonds. The quantitative estimate of drug-likeness (QED) is 0.573. The Morgan fingerprint density at radius 2 is 1.79 bits per heavy atom. The SMILES string of the molecule is COc1ccc([C@@H]2CC(c3c(O)n(-c4ccc(Cl)cc4)c(=O)[nH]c3=O)=NN2C(C)=O)cc1OC. The van der Waals surface area contributed by atoms with Gasteiger partial charge in [-0.25, -0.2) is 14.4 Å². The largest absolute Gasteiger partial charge is 0.493 e. The molecule has 2 aromatic carbocycles. The van der Waals surface area contributed by atoms with Crippen molar-refractivity contribution < 1.29 is 19.4 Å². The number of benzene rings is 2. The standard InChI is InChI=1S/C23H21ClN4O6/c1-12(29)28-17(13-4-9-18(33-2)19(10-13)34-3)11-16(26-28)20-21(30)25-23(32)27(22(20)31)15-7-5-14(24)6-8-15/h4-10,17,31H,11H2,1-3H3,(H,25,30,32)/t17-/m0/s1. The molecule has 4 rings (SSSR count). The molecule has 2 heterocycles. The van der Waals surface area contributed by atoms with Gasteiger partial charge in [-0.15, -0.1) is 0 Å². The normalized spacial score (nSPS) is 15.2. The molecule has 0 aliphatic carbocycles. The zero-order chi connectivity index (χ0) is 24.6. The van der Waals surface area contributed by atoms with Crippen LogP contribution in [-0.2, 0) is 4.79 Å². The smallest absolute Gasteiger partial charge is 0.335 e. The molecule has 1 atom stereocenters. The van der Waals surface area contributed by atoms with E-state index in [2.05, 4.69) is 10.1 Å². The molecule has 2 N–H and O–H groups in total. The van der Waals surface area contributed by atoms with Gasteiger partial charge in [0, 0.05) is 18.4 Å². The second kappa shape index (κ2) is 9.06. The summed E-state index contributed by atoms with van der Waals surface area (Å²) < 4.78 is 11.6. The third kappa shape index (κ3) is 4.03. The van der Waals surface area contributed by atoms with Gasteiger partial charge in [0.05, 0.1) is 31.7 Å². The van der Waals surface area contributed by atoms with Crippen LogP contribution in [0.15, 0.2) is 57.2 Å². The number of rotatable bonds is 5. The summed E-state index contributed by atoms with van der Waals surface area (Å²) in [4.78, 5) is 39.8. The molecule has 0 unspecified atom stereocenters. The summed E-state index contributed by atoms with van der Waals surface area (Å²) in [6.45, 7) is 1.35. The molecule has 3 aromatic rings. The highest BCUT2D eigenvalue weighted by molar-refractivity contribution is 6.30. The summed E-state index contributed by atoms with van der Waals surface area (Å²) in [5.74, 6) is 0.0286. The first-order valence-electron chi connectivity index (χ1n) is 10.2. The fraction of sp³-hybridized carbons (Fsp3) is 0.217. The number of nitrogens with one attached hydrogen (secondary N) is 1. The number of carbonyl (C=O) groups is 1. The van der Waals surface area contributed by atoms with Crippen molar-refractivity contribution in [2.45, 2.75) is 19.4 Å². The highest BCUT2D eigenvalue weighted by Gasteiger charge is 2.35. The number of nitrogens with zero attached hydrogens (tertiary/aromatic N) is 3. The number of methoxy groups -OCH3 is 2. The maximum atomic E-state index is 12.7. The molecular formula is C23H21ClN4O6. The number of amides is 1. The maximum absolute atomic E-state index is 12.7. The molecule has 0 radical (unpaired) electrons. The summed E-state index contributed by atoms with van der Waals surface area (Å²) in [6.07, 6.45) is 0.116. The van der Waals surface area contributed by atoms with Crippen LogP contribution in [0.25, 0.3) is 5.69 Å². The molecule has 1 aromatic heterocycles. The van der Waals surface area contributed by atoms with Crippen LogP contribution in [0.3, 0.4) is 0 Å². The van der Waals surface area contributed by atoms with E-state index >= 15 is 0 Å². The Morgan fingerprint density at radius 1 is 1.12 bits per heavy atom. The molecule has 176 valence electrons. The van der Waals surface area contributed by atoms with Crippen LogP contribution in [0.1, 0.15) is 30.5 Å². The molecule has 34 heavy (non-hydrogen) atoms. The first-order chi connectivity index (χ1) is 16.2. The molecule has 0 spiro atoms. The number of hydrazone groups is 1. The van der Waals surface area contributed by atoms with E-state index in [0.717, 1.165) is 4.57 Å². The van der Waals surface area contributed by atoms with E-state index in [0.29, 0.717) is 27.8 Å². The average Bonchev–Trinajstić information content (AvgIpc) is 3.24. The number of ether oxygens (including phenoxy) is 2. The number of H-pyrrole nitrogens is 1. The van der Waals surface area contributed by atoms with Gasteiger partial charge in [0.1, 0.15) is 5.56 Å². The Kier molecular flexibility index (Phi) is 6.16. The molecule has 1 aliphatic heterocycles. The summed E-state index contributed by atoms with van der Waals surface area (Å²) in [6, 6.07) is 10.8. The fourth-order valence-corrected chi connectivity index (χ4v) is 4.01. The summed E-state index contributed by atoms with van der Waals surface area (Å²) in [5, 5.41) is 17.0. The van der Waals surface area contributed by atoms with Gasteiger partial charge in [-0.1, -0.05) is 17.7 Å². The highest BCUT2D eigenvalue weighted by Crippen LogP contribution is 2.37. The van der Waals surface area contributed by atoms with Crippen LogP contribution in [0.5, 0.6) is 17.4 Å². The van der Waals surface area contributed by atoms with E-state index in [1.165, 1.54) is 38.3 Å². The second-order valence-corrected chi connectivity index (χ2v) is 7.95. The van der Waals surface area contributed by atoms with E-state index in [-0.39, 0.29) is 23.6 Å². The Morgan fingerprint density at radius 3 is 2.41 bits per heavy atom. The molecule has 0 bridgehead atoms. The predicted octanol–water partition coefficient (Wildman–Crippen LogP) is 2.60. The minimum atomic E-state index is -0.827. The van der Waals surface area contributed by atoms with Crippen molar-refractivity contribution in [1.82, 2.24) is 14.6 Å². The number of hydrogen-bond acceptors (Lipinski definition) is 7. The lowest BCUT2D eigenvalue weighted by molar-refractivity contribution is -0.130. The Bertz CT molecular complexity index is 1410. The van der Waals surface area contributed by atoms with E-state index in [9.17, 15) is 19.5 Å². The number of hydrogen-bond donors (Lipinski definition) is 2. The van der Waals surface area contributed by atoms with Crippen molar-refractivity contribution in [3.8, 4) is 23.1 Å². The Hall–Kier alpha value is -4.05. The third-order valence-corrected chi connectivity index (χ3v) is 5.74. The average molecular weight is 485 g/mol. The topological polar surface area (TPSA) is 126 Å². The third-order valence-electron chi connectivity index (χ3n) is 5.48. The van der Waals surface area contributed by atoms with Crippen molar-refractivity contribution in [1.29, 1.82) is 0 Å². The van der Waals surface area contributed by atoms with Gasteiger partial charge in [-0.05, 0) is 42.0 Å². The molecule has 10 nitrogen and oxygen atoms in total. The first kappa shape index (κ1) is 23.1. The number of aromatic hydroxyl groups is 1. The molecule has 11 heteroatoms. The van der Waals surface area contributed by atoms with Gasteiger partial charge in [-0.2, -0.15) is 5.10 Å². The van der Waals surface area contributed by atoms with Gasteiger partial charge in [0.25, 0.3) is 5.56 Å². The van der Waals surface area contributed by atoms with Gasteiger partial charge in [0.15, 0.2) is 11.5 Å². The van der Waals surface area contributed by atoms with Crippen molar-refractivity contribution in [2.24, 2.45) is 5.10 Å². The molecule has 0 saturated heterocycles. The van der Waals surface area contributed by atoms with Gasteiger partial charge in [-0.3, -0.25) is 14.6 Å². The van der Waals surface area contributed by atoms with E-state index in [1.54, 1.807) is 30.3 Å². The number of carbonyl (C=O) groups excluding carboxylic acids is 1. The van der Waals surface area contributed by atoms with E-state index < -0.39 is 23.2 Å². The Labute approximate surface area is 198 Å². The molecule has 0 saturated carbocycles. The van der Waals surface area contributed by atoms with E-state index in [1.807, 2.05) is 0 Å². The van der Waals surface area contributed by atoms with Crippen molar-refractivity contribution in [3.05, 3.63) is 79.5 Å². The number of aromatic amines is 1. The van der Waals surface area contributed by atoms with Gasteiger partial charge >= 0.3 is 5.69 Å². The highest BCUT2D eigenvalue weighted by atomic mass is 35.5. The minimum absolute atomic E-state index is 0.116.